The Labute approximate surface area is 187 Å². The summed E-state index contributed by atoms with van der Waals surface area (Å²) in [5.41, 5.74) is 0. The van der Waals surface area contributed by atoms with Crippen molar-refractivity contribution in [3.63, 3.8) is 0 Å². The molecule has 1 saturated heterocycles. The van der Waals surface area contributed by atoms with Gasteiger partial charge >= 0.3 is 0 Å². The third kappa shape index (κ3) is 5.90. The molecule has 3 rings (SSSR count). The summed E-state index contributed by atoms with van der Waals surface area (Å²) in [5, 5.41) is 13.9. The Bertz CT molecular complexity index is 782. The van der Waals surface area contributed by atoms with Gasteiger partial charge in [-0.1, -0.05) is 6.07 Å². The van der Waals surface area contributed by atoms with Crippen molar-refractivity contribution in [1.29, 1.82) is 0 Å². The van der Waals surface area contributed by atoms with Crippen molar-refractivity contribution in [3.05, 3.63) is 34.0 Å². The Morgan fingerprint density at radius 2 is 1.96 bits per heavy atom. The summed E-state index contributed by atoms with van der Waals surface area (Å²) in [6.07, 6.45) is 0.965. The van der Waals surface area contributed by atoms with Crippen LogP contribution in [0.2, 0.25) is 0 Å². The molecule has 1 N–H and O–H groups in total. The van der Waals surface area contributed by atoms with Crippen molar-refractivity contribution < 1.29 is 4.79 Å². The minimum absolute atomic E-state index is 0. The molecule has 0 unspecified atom stereocenters. The second-order valence-electron chi connectivity index (χ2n) is 6.61. The molecule has 3 heterocycles. The van der Waals surface area contributed by atoms with E-state index in [1.54, 1.807) is 18.3 Å². The lowest BCUT2D eigenvalue weighted by atomic mass is 10.3. The third-order valence-corrected chi connectivity index (χ3v) is 5.75. The Balaban J connectivity index is 0.00000280. The quantitative estimate of drug-likeness (QED) is 0.371. The van der Waals surface area contributed by atoms with Crippen LogP contribution in [-0.4, -0.2) is 69.2 Å². The average Bonchev–Trinajstić information content (AvgIpc) is 3.29. The van der Waals surface area contributed by atoms with Crippen LogP contribution in [-0.2, 0) is 24.8 Å². The molecule has 2 aromatic rings. The largest absolute Gasteiger partial charge is 0.356 e. The molecule has 0 aliphatic carbocycles. The van der Waals surface area contributed by atoms with Crippen molar-refractivity contribution in [2.75, 3.05) is 32.7 Å². The number of carbonyl (C=O) groups is 1. The Morgan fingerprint density at radius 1 is 1.25 bits per heavy atom. The number of hydrogen-bond acceptors (Lipinski definition) is 5. The predicted octanol–water partition coefficient (Wildman–Crippen LogP) is 1.66. The lowest BCUT2D eigenvalue weighted by Crippen LogP contribution is -2.53. The first-order valence-corrected chi connectivity index (χ1v) is 10.1. The highest BCUT2D eigenvalue weighted by atomic mass is 127. The first-order valence-electron chi connectivity index (χ1n) is 9.20. The molecule has 0 atom stereocenters. The molecule has 1 aliphatic heterocycles. The summed E-state index contributed by atoms with van der Waals surface area (Å²) in [5.74, 6) is 2.72. The number of nitrogens with zero attached hydrogens (tertiary/aromatic N) is 6. The molecule has 28 heavy (non-hydrogen) atoms. The number of carbonyl (C=O) groups excluding carboxylic acids is 1. The number of piperazine rings is 1. The van der Waals surface area contributed by atoms with Crippen LogP contribution in [0.4, 0.5) is 0 Å². The van der Waals surface area contributed by atoms with Crippen LogP contribution in [0.3, 0.4) is 0 Å². The highest BCUT2D eigenvalue weighted by Crippen LogP contribution is 2.09. The zero-order chi connectivity index (χ0) is 19.2. The lowest BCUT2D eigenvalue weighted by molar-refractivity contribution is -0.130. The zero-order valence-electron chi connectivity index (χ0n) is 16.6. The zero-order valence-corrected chi connectivity index (χ0v) is 19.7. The number of aliphatic imine (C=N–C) groups is 1. The molecule has 8 nitrogen and oxygen atoms in total. The molecule has 10 heteroatoms. The molecule has 154 valence electrons. The summed E-state index contributed by atoms with van der Waals surface area (Å²) in [4.78, 5) is 21.8. The van der Waals surface area contributed by atoms with Crippen molar-refractivity contribution in [1.82, 2.24) is 29.9 Å². The number of aromatic nitrogens is 3. The Morgan fingerprint density at radius 3 is 2.54 bits per heavy atom. The number of rotatable bonds is 5. The molecule has 0 bridgehead atoms. The van der Waals surface area contributed by atoms with Gasteiger partial charge in [0.15, 0.2) is 11.8 Å². The molecular formula is C18H28IN7OS. The molecule has 0 saturated carbocycles. The van der Waals surface area contributed by atoms with Crippen LogP contribution in [0.15, 0.2) is 22.5 Å². The van der Waals surface area contributed by atoms with Crippen LogP contribution >= 0.6 is 35.3 Å². The molecule has 1 fully saturated rings. The molecular weight excluding hydrogens is 489 g/mol. The minimum Gasteiger partial charge on any atom is -0.356 e. The molecule has 0 spiro atoms. The number of halogens is 1. The summed E-state index contributed by atoms with van der Waals surface area (Å²) in [7, 11) is 1.95. The van der Waals surface area contributed by atoms with Crippen molar-refractivity contribution in [3.8, 4) is 0 Å². The minimum atomic E-state index is 0. The molecule has 0 radical (unpaired) electrons. The number of guanidine groups is 1. The molecule has 1 amide bonds. The van der Waals surface area contributed by atoms with Crippen LogP contribution in [0.25, 0.3) is 0 Å². The van der Waals surface area contributed by atoms with E-state index >= 15 is 0 Å². The third-order valence-electron chi connectivity index (χ3n) is 4.81. The predicted molar refractivity (Wildman–Crippen MR) is 122 cm³/mol. The second-order valence-corrected chi connectivity index (χ2v) is 7.64. The number of nitrogens with one attached hydrogen (secondary N) is 1. The standard InChI is InChI=1S/C18H27N7OS.HI/c1-14-21-22-17(23(14)3)13-20-18(19-7-6-16-5-4-12-27-16)25-10-8-24(9-11-25)15(2)26;/h4-5,12H,6-11,13H2,1-3H3,(H,19,20);1H. The smallest absolute Gasteiger partial charge is 0.219 e. The van der Waals surface area contributed by atoms with Gasteiger partial charge in [-0.05, 0) is 24.8 Å². The van der Waals surface area contributed by atoms with Crippen LogP contribution < -0.4 is 5.32 Å². The Hall–Kier alpha value is -1.69. The first kappa shape index (κ1) is 22.6. The van der Waals surface area contributed by atoms with Crippen LogP contribution in [0, 0.1) is 6.92 Å². The van der Waals surface area contributed by atoms with Gasteiger partial charge in [0.1, 0.15) is 12.4 Å². The summed E-state index contributed by atoms with van der Waals surface area (Å²) >= 11 is 1.77. The van der Waals surface area contributed by atoms with E-state index in [0.717, 1.165) is 56.8 Å². The van der Waals surface area contributed by atoms with E-state index in [0.29, 0.717) is 6.54 Å². The van der Waals surface area contributed by atoms with E-state index in [2.05, 4.69) is 37.9 Å². The fourth-order valence-electron chi connectivity index (χ4n) is 2.99. The summed E-state index contributed by atoms with van der Waals surface area (Å²) in [6.45, 7) is 7.87. The fraction of sp³-hybridized carbons (Fsp3) is 0.556. The first-order chi connectivity index (χ1) is 13.0. The van der Waals surface area contributed by atoms with Crippen LogP contribution in [0.1, 0.15) is 23.4 Å². The van der Waals surface area contributed by atoms with E-state index in [4.69, 9.17) is 4.99 Å². The van der Waals surface area contributed by atoms with E-state index in [1.807, 2.05) is 23.4 Å². The van der Waals surface area contributed by atoms with Gasteiger partial charge in [-0.25, -0.2) is 4.99 Å². The van der Waals surface area contributed by atoms with Gasteiger partial charge < -0.3 is 19.7 Å². The van der Waals surface area contributed by atoms with E-state index < -0.39 is 0 Å². The van der Waals surface area contributed by atoms with E-state index in [-0.39, 0.29) is 29.9 Å². The van der Waals surface area contributed by atoms with Gasteiger partial charge in [0.05, 0.1) is 0 Å². The maximum absolute atomic E-state index is 11.6. The normalized spacial score (nSPS) is 14.8. The van der Waals surface area contributed by atoms with Gasteiger partial charge in [-0.15, -0.1) is 45.5 Å². The fourth-order valence-corrected chi connectivity index (χ4v) is 3.70. The van der Waals surface area contributed by atoms with Gasteiger partial charge in [-0.3, -0.25) is 4.79 Å². The van der Waals surface area contributed by atoms with E-state index in [9.17, 15) is 4.79 Å². The Kier molecular flexibility index (Phi) is 8.67. The van der Waals surface area contributed by atoms with Crippen molar-refractivity contribution >= 4 is 47.2 Å². The lowest BCUT2D eigenvalue weighted by Gasteiger charge is -2.36. The van der Waals surface area contributed by atoms with Gasteiger partial charge in [0.2, 0.25) is 5.91 Å². The molecule has 2 aromatic heterocycles. The highest BCUT2D eigenvalue weighted by Gasteiger charge is 2.21. The second kappa shape index (κ2) is 10.7. The van der Waals surface area contributed by atoms with Gasteiger partial charge in [0.25, 0.3) is 0 Å². The molecule has 1 aliphatic rings. The maximum atomic E-state index is 11.6. The van der Waals surface area contributed by atoms with Gasteiger partial charge in [0, 0.05) is 51.6 Å². The van der Waals surface area contributed by atoms with E-state index in [1.165, 1.54) is 4.88 Å². The van der Waals surface area contributed by atoms with Gasteiger partial charge in [-0.2, -0.15) is 0 Å². The summed E-state index contributed by atoms with van der Waals surface area (Å²) in [6, 6.07) is 4.23. The van der Waals surface area contributed by atoms with Crippen molar-refractivity contribution in [2.24, 2.45) is 12.0 Å². The number of amides is 1. The topological polar surface area (TPSA) is 78.7 Å². The average molecular weight is 517 g/mol. The number of aryl methyl sites for hydroxylation is 1. The monoisotopic (exact) mass is 517 g/mol. The van der Waals surface area contributed by atoms with Crippen LogP contribution in [0.5, 0.6) is 0 Å². The maximum Gasteiger partial charge on any atom is 0.219 e. The molecule has 0 aromatic carbocycles. The number of thiophene rings is 1. The van der Waals surface area contributed by atoms with Crippen molar-refractivity contribution in [2.45, 2.75) is 26.8 Å². The SMILES string of the molecule is CC(=O)N1CCN(C(=NCc2nnc(C)n2C)NCCc2cccs2)CC1.I. The highest BCUT2D eigenvalue weighted by molar-refractivity contribution is 14.0. The number of hydrogen-bond donors (Lipinski definition) is 1. The summed E-state index contributed by atoms with van der Waals surface area (Å²) < 4.78 is 1.96.